The predicted molar refractivity (Wildman–Crippen MR) is 89.0 cm³/mol. The SMILES string of the molecule is O=c1c2c(c3cccnc3n1-c1cccc(Cl)c1)CCCC2. The summed E-state index contributed by atoms with van der Waals surface area (Å²) in [5.41, 5.74) is 3.65. The second kappa shape index (κ2) is 5.25. The molecule has 4 rings (SSSR count). The molecule has 0 radical (unpaired) electrons. The van der Waals surface area contributed by atoms with Gasteiger partial charge in [0, 0.05) is 22.2 Å². The molecule has 0 fully saturated rings. The lowest BCUT2D eigenvalue weighted by Crippen LogP contribution is -2.27. The fourth-order valence-electron chi connectivity index (χ4n) is 3.34. The van der Waals surface area contributed by atoms with Crippen LogP contribution in [0.2, 0.25) is 5.02 Å². The van der Waals surface area contributed by atoms with Gasteiger partial charge in [-0.15, -0.1) is 0 Å². The zero-order valence-electron chi connectivity index (χ0n) is 12.1. The van der Waals surface area contributed by atoms with Crippen LogP contribution < -0.4 is 5.56 Å². The van der Waals surface area contributed by atoms with Crippen LogP contribution in [0.25, 0.3) is 16.7 Å². The normalized spacial score (nSPS) is 14.0. The van der Waals surface area contributed by atoms with Gasteiger partial charge in [0.15, 0.2) is 0 Å². The van der Waals surface area contributed by atoms with Crippen LogP contribution in [-0.2, 0) is 12.8 Å². The molecule has 3 nitrogen and oxygen atoms in total. The first-order valence-corrected chi connectivity index (χ1v) is 7.91. The molecule has 1 aromatic carbocycles. The summed E-state index contributed by atoms with van der Waals surface area (Å²) in [7, 11) is 0. The summed E-state index contributed by atoms with van der Waals surface area (Å²) in [6.07, 6.45) is 5.75. The second-order valence-electron chi connectivity index (χ2n) is 5.66. The van der Waals surface area contributed by atoms with Crippen molar-refractivity contribution in [2.24, 2.45) is 0 Å². The number of benzene rings is 1. The number of rotatable bonds is 1. The quantitative estimate of drug-likeness (QED) is 0.683. The first kappa shape index (κ1) is 13.5. The van der Waals surface area contributed by atoms with Gasteiger partial charge in [0.1, 0.15) is 5.65 Å². The van der Waals surface area contributed by atoms with E-state index in [-0.39, 0.29) is 5.56 Å². The van der Waals surface area contributed by atoms with Gasteiger partial charge in [0.2, 0.25) is 0 Å². The van der Waals surface area contributed by atoms with E-state index < -0.39 is 0 Å². The van der Waals surface area contributed by atoms with Crippen molar-refractivity contribution in [2.75, 3.05) is 0 Å². The number of aryl methyl sites for hydroxylation is 1. The second-order valence-corrected chi connectivity index (χ2v) is 6.10. The van der Waals surface area contributed by atoms with Crippen molar-refractivity contribution in [2.45, 2.75) is 25.7 Å². The summed E-state index contributed by atoms with van der Waals surface area (Å²) < 4.78 is 1.70. The molecule has 1 aliphatic carbocycles. The van der Waals surface area contributed by atoms with Crippen LogP contribution in [-0.4, -0.2) is 9.55 Å². The van der Waals surface area contributed by atoms with Gasteiger partial charge in [0.05, 0.1) is 5.69 Å². The zero-order chi connectivity index (χ0) is 15.1. The third kappa shape index (κ3) is 2.04. The summed E-state index contributed by atoms with van der Waals surface area (Å²) in [6.45, 7) is 0. The number of fused-ring (bicyclic) bond motifs is 3. The van der Waals surface area contributed by atoms with E-state index >= 15 is 0 Å². The molecule has 0 saturated heterocycles. The Hall–Kier alpha value is -2.13. The molecule has 2 heterocycles. The van der Waals surface area contributed by atoms with E-state index in [1.165, 1.54) is 5.56 Å². The Bertz CT molecular complexity index is 930. The standard InChI is InChI=1S/C18H15ClN2O/c19-12-5-3-6-13(11-12)21-17-15(9-4-10-20-17)14-7-1-2-8-16(14)18(21)22/h3-6,9-11H,1-2,7-8H2. The maximum atomic E-state index is 13.0. The molecule has 0 saturated carbocycles. The Kier molecular flexibility index (Phi) is 3.23. The maximum absolute atomic E-state index is 13.0. The van der Waals surface area contributed by atoms with Crippen molar-refractivity contribution >= 4 is 22.6 Å². The number of hydrogen-bond acceptors (Lipinski definition) is 2. The van der Waals surface area contributed by atoms with Crippen molar-refractivity contribution in [1.29, 1.82) is 0 Å². The minimum atomic E-state index is 0.0446. The van der Waals surface area contributed by atoms with E-state index in [2.05, 4.69) is 11.1 Å². The van der Waals surface area contributed by atoms with Crippen molar-refractivity contribution in [3.05, 3.63) is 69.1 Å². The van der Waals surface area contributed by atoms with Gasteiger partial charge >= 0.3 is 0 Å². The molecular formula is C18H15ClN2O. The highest BCUT2D eigenvalue weighted by Gasteiger charge is 2.20. The Balaban J connectivity index is 2.15. The van der Waals surface area contributed by atoms with E-state index in [1.807, 2.05) is 30.3 Å². The highest BCUT2D eigenvalue weighted by atomic mass is 35.5. The van der Waals surface area contributed by atoms with E-state index in [1.54, 1.807) is 10.8 Å². The van der Waals surface area contributed by atoms with E-state index in [0.29, 0.717) is 5.02 Å². The summed E-state index contributed by atoms with van der Waals surface area (Å²) in [4.78, 5) is 17.5. The number of hydrogen-bond donors (Lipinski definition) is 0. The van der Waals surface area contributed by atoms with Gasteiger partial charge in [0.25, 0.3) is 5.56 Å². The fraction of sp³-hybridized carbons (Fsp3) is 0.222. The smallest absolute Gasteiger partial charge is 0.260 e. The molecule has 3 aromatic rings. The van der Waals surface area contributed by atoms with Crippen LogP contribution >= 0.6 is 11.6 Å². The summed E-state index contributed by atoms with van der Waals surface area (Å²) in [6, 6.07) is 11.4. The lowest BCUT2D eigenvalue weighted by atomic mass is 9.90. The van der Waals surface area contributed by atoms with Crippen LogP contribution in [0.15, 0.2) is 47.4 Å². The van der Waals surface area contributed by atoms with Crippen LogP contribution in [0.4, 0.5) is 0 Å². The van der Waals surface area contributed by atoms with Gasteiger partial charge < -0.3 is 0 Å². The van der Waals surface area contributed by atoms with Crippen molar-refractivity contribution in [3.8, 4) is 5.69 Å². The van der Waals surface area contributed by atoms with Crippen molar-refractivity contribution in [1.82, 2.24) is 9.55 Å². The highest BCUT2D eigenvalue weighted by Crippen LogP contribution is 2.27. The number of halogens is 1. The molecule has 0 atom stereocenters. The minimum Gasteiger partial charge on any atom is -0.269 e. The average Bonchev–Trinajstić information content (AvgIpc) is 2.55. The topological polar surface area (TPSA) is 34.9 Å². The predicted octanol–water partition coefficient (Wildman–Crippen LogP) is 3.92. The lowest BCUT2D eigenvalue weighted by Gasteiger charge is -2.20. The zero-order valence-corrected chi connectivity index (χ0v) is 12.8. The highest BCUT2D eigenvalue weighted by molar-refractivity contribution is 6.30. The van der Waals surface area contributed by atoms with Gasteiger partial charge in [-0.05, 0) is 61.6 Å². The molecular weight excluding hydrogens is 296 g/mol. The summed E-state index contributed by atoms with van der Waals surface area (Å²) >= 11 is 6.11. The van der Waals surface area contributed by atoms with Crippen molar-refractivity contribution in [3.63, 3.8) is 0 Å². The molecule has 1 aliphatic rings. The third-order valence-electron chi connectivity index (χ3n) is 4.32. The Morgan fingerprint density at radius 1 is 1.05 bits per heavy atom. The van der Waals surface area contributed by atoms with Gasteiger partial charge in [-0.25, -0.2) is 4.98 Å². The molecule has 4 heteroatoms. The molecule has 0 spiro atoms. The number of nitrogens with zero attached hydrogens (tertiary/aromatic N) is 2. The van der Waals surface area contributed by atoms with Crippen molar-refractivity contribution < 1.29 is 0 Å². The first-order chi connectivity index (χ1) is 10.8. The van der Waals surface area contributed by atoms with Gasteiger partial charge in [-0.2, -0.15) is 0 Å². The largest absolute Gasteiger partial charge is 0.269 e. The lowest BCUT2D eigenvalue weighted by molar-refractivity contribution is 0.677. The van der Waals surface area contributed by atoms with Crippen LogP contribution in [0.3, 0.4) is 0 Å². The number of aromatic nitrogens is 2. The van der Waals surface area contributed by atoms with Gasteiger partial charge in [-0.3, -0.25) is 9.36 Å². The van der Waals surface area contributed by atoms with E-state index in [0.717, 1.165) is 48.0 Å². The van der Waals surface area contributed by atoms with Gasteiger partial charge in [-0.1, -0.05) is 17.7 Å². The van der Waals surface area contributed by atoms with Crippen LogP contribution in [0, 0.1) is 0 Å². The molecule has 0 amide bonds. The molecule has 22 heavy (non-hydrogen) atoms. The minimum absolute atomic E-state index is 0.0446. The maximum Gasteiger partial charge on any atom is 0.260 e. The molecule has 110 valence electrons. The Labute approximate surface area is 133 Å². The van der Waals surface area contributed by atoms with E-state index in [4.69, 9.17) is 11.6 Å². The Morgan fingerprint density at radius 2 is 1.86 bits per heavy atom. The third-order valence-corrected chi connectivity index (χ3v) is 4.55. The molecule has 2 aromatic heterocycles. The Morgan fingerprint density at radius 3 is 2.68 bits per heavy atom. The van der Waals surface area contributed by atoms with Crippen LogP contribution in [0.1, 0.15) is 24.0 Å². The average molecular weight is 311 g/mol. The molecule has 0 N–H and O–H groups in total. The van der Waals surface area contributed by atoms with Crippen LogP contribution in [0.5, 0.6) is 0 Å². The molecule has 0 aliphatic heterocycles. The van der Waals surface area contributed by atoms with E-state index in [9.17, 15) is 4.79 Å². The number of pyridine rings is 2. The molecule has 0 bridgehead atoms. The summed E-state index contributed by atoms with van der Waals surface area (Å²) in [5, 5.41) is 1.70. The molecule has 0 unspecified atom stereocenters. The fourth-order valence-corrected chi connectivity index (χ4v) is 3.52. The first-order valence-electron chi connectivity index (χ1n) is 7.53. The summed E-state index contributed by atoms with van der Waals surface area (Å²) in [5.74, 6) is 0. The monoisotopic (exact) mass is 310 g/mol.